The number of likely N-dealkylation sites (tertiary alicyclic amines) is 1. The summed E-state index contributed by atoms with van der Waals surface area (Å²) in [4.78, 5) is 2.23. The van der Waals surface area contributed by atoms with Gasteiger partial charge < -0.3 is 0 Å². The second-order valence-electron chi connectivity index (χ2n) is 5.74. The molecule has 1 aliphatic rings. The zero-order chi connectivity index (χ0) is 14.9. The number of nitrogens with one attached hydrogen (secondary N) is 1. The van der Waals surface area contributed by atoms with E-state index in [9.17, 15) is 8.42 Å². The van der Waals surface area contributed by atoms with Crippen LogP contribution in [-0.2, 0) is 16.6 Å². The van der Waals surface area contributed by atoms with Gasteiger partial charge in [-0.1, -0.05) is 18.6 Å². The van der Waals surface area contributed by atoms with Crippen molar-refractivity contribution < 1.29 is 8.42 Å². The van der Waals surface area contributed by atoms with Crippen molar-refractivity contribution in [2.75, 3.05) is 12.3 Å². The Morgan fingerprint density at radius 3 is 3.05 bits per heavy atom. The second kappa shape index (κ2) is 5.75. The fourth-order valence-corrected chi connectivity index (χ4v) is 3.96. The molecule has 1 aromatic carbocycles. The maximum absolute atomic E-state index is 11.4. The van der Waals surface area contributed by atoms with E-state index in [1.807, 2.05) is 6.07 Å². The molecule has 2 heterocycles. The monoisotopic (exact) mass is 308 g/mol. The van der Waals surface area contributed by atoms with Crippen LogP contribution in [-0.4, -0.2) is 41.9 Å². The first-order chi connectivity index (χ1) is 10.0. The number of hydrogen-bond acceptors (Lipinski definition) is 4. The van der Waals surface area contributed by atoms with Crippen molar-refractivity contribution in [3.63, 3.8) is 0 Å². The fourth-order valence-electron chi connectivity index (χ4n) is 3.04. The molecule has 0 amide bonds. The lowest BCUT2D eigenvalue weighted by atomic mass is 10.0. The Kier molecular flexibility index (Phi) is 3.97. The molecule has 21 heavy (non-hydrogen) atoms. The Hall–Kier alpha value is -1.44. The molecular formula is C14H20N4O2S. The Morgan fingerprint density at radius 2 is 2.24 bits per heavy atom. The van der Waals surface area contributed by atoms with E-state index in [0.29, 0.717) is 0 Å². The molecule has 0 bridgehead atoms. The molecule has 1 atom stereocenters. The molecule has 0 saturated carbocycles. The first kappa shape index (κ1) is 14.5. The Labute approximate surface area is 124 Å². The average molecular weight is 308 g/mol. The van der Waals surface area contributed by atoms with Crippen LogP contribution in [0.25, 0.3) is 10.9 Å². The van der Waals surface area contributed by atoms with E-state index in [2.05, 4.69) is 27.2 Å². The number of nitrogens with zero attached hydrogens (tertiary/aromatic N) is 2. The highest BCUT2D eigenvalue weighted by Crippen LogP contribution is 2.22. The average Bonchev–Trinajstić information content (AvgIpc) is 2.87. The van der Waals surface area contributed by atoms with Crippen LogP contribution < -0.4 is 5.14 Å². The van der Waals surface area contributed by atoms with Gasteiger partial charge in [-0.15, -0.1) is 0 Å². The van der Waals surface area contributed by atoms with Crippen molar-refractivity contribution in [2.45, 2.75) is 31.8 Å². The third kappa shape index (κ3) is 3.61. The molecule has 1 aromatic heterocycles. The minimum Gasteiger partial charge on any atom is -0.295 e. The van der Waals surface area contributed by atoms with Crippen LogP contribution in [0.3, 0.4) is 0 Å². The molecule has 0 spiro atoms. The summed E-state index contributed by atoms with van der Waals surface area (Å²) in [5, 5.41) is 13.3. The lowest BCUT2D eigenvalue weighted by molar-refractivity contribution is 0.154. The molecule has 0 aliphatic carbocycles. The van der Waals surface area contributed by atoms with E-state index in [1.54, 1.807) is 6.20 Å². The number of H-pyrrole nitrogens is 1. The van der Waals surface area contributed by atoms with E-state index in [-0.39, 0.29) is 11.8 Å². The first-order valence-corrected chi connectivity index (χ1v) is 8.89. The molecule has 1 aliphatic heterocycles. The molecular weight excluding hydrogens is 288 g/mol. The number of aromatic nitrogens is 2. The Morgan fingerprint density at radius 1 is 1.38 bits per heavy atom. The second-order valence-corrected chi connectivity index (χ2v) is 7.40. The normalized spacial score (nSPS) is 20.9. The van der Waals surface area contributed by atoms with E-state index in [1.165, 1.54) is 0 Å². The van der Waals surface area contributed by atoms with Crippen molar-refractivity contribution in [1.29, 1.82) is 0 Å². The molecule has 114 valence electrons. The van der Waals surface area contributed by atoms with Crippen LogP contribution in [0.2, 0.25) is 0 Å². The first-order valence-electron chi connectivity index (χ1n) is 7.18. The van der Waals surface area contributed by atoms with Gasteiger partial charge in [0.2, 0.25) is 10.0 Å². The Balaban J connectivity index is 1.77. The third-order valence-corrected chi connectivity index (χ3v) is 4.92. The van der Waals surface area contributed by atoms with Gasteiger partial charge in [0.1, 0.15) is 0 Å². The lowest BCUT2D eigenvalue weighted by Crippen LogP contribution is -2.44. The minimum atomic E-state index is -3.43. The van der Waals surface area contributed by atoms with E-state index >= 15 is 0 Å². The van der Waals surface area contributed by atoms with Gasteiger partial charge >= 0.3 is 0 Å². The molecule has 3 N–H and O–H groups in total. The van der Waals surface area contributed by atoms with Crippen LogP contribution >= 0.6 is 0 Å². The van der Waals surface area contributed by atoms with Crippen molar-refractivity contribution >= 4 is 20.9 Å². The quantitative estimate of drug-likeness (QED) is 0.888. The SMILES string of the molecule is NS(=O)(=O)CC1CCCCN1Cc1ccc2cn[nH]c2c1. The number of aromatic amines is 1. The summed E-state index contributed by atoms with van der Waals surface area (Å²) in [5.74, 6) is 0.0410. The van der Waals surface area contributed by atoms with Crippen molar-refractivity contribution in [1.82, 2.24) is 15.1 Å². The minimum absolute atomic E-state index is 0.0196. The number of primary sulfonamides is 1. The predicted octanol–water partition coefficient (Wildman–Crippen LogP) is 1.21. The largest absolute Gasteiger partial charge is 0.295 e. The molecule has 7 heteroatoms. The standard InChI is InChI=1S/C14H20N4O2S/c15-21(19,20)10-13-3-1-2-6-18(13)9-11-4-5-12-8-16-17-14(12)7-11/h4-5,7-8,13H,1-3,6,9-10H2,(H,16,17)(H2,15,19,20). The van der Waals surface area contributed by atoms with Gasteiger partial charge in [0.15, 0.2) is 0 Å². The van der Waals surface area contributed by atoms with Crippen LogP contribution in [0, 0.1) is 0 Å². The van der Waals surface area contributed by atoms with Crippen molar-refractivity contribution in [2.24, 2.45) is 5.14 Å². The van der Waals surface area contributed by atoms with E-state index < -0.39 is 10.0 Å². The van der Waals surface area contributed by atoms with Gasteiger partial charge in [0.25, 0.3) is 0 Å². The highest BCUT2D eigenvalue weighted by Gasteiger charge is 2.26. The van der Waals surface area contributed by atoms with Crippen molar-refractivity contribution in [3.8, 4) is 0 Å². The third-order valence-electron chi connectivity index (χ3n) is 4.07. The molecule has 0 radical (unpaired) electrons. The highest BCUT2D eigenvalue weighted by molar-refractivity contribution is 7.89. The van der Waals surface area contributed by atoms with Crippen LogP contribution in [0.4, 0.5) is 0 Å². The molecule has 1 saturated heterocycles. The number of sulfonamides is 1. The summed E-state index contributed by atoms with van der Waals surface area (Å²) in [6.07, 6.45) is 4.86. The van der Waals surface area contributed by atoms with E-state index in [0.717, 1.165) is 48.8 Å². The molecule has 6 nitrogen and oxygen atoms in total. The molecule has 1 fully saturated rings. The number of rotatable bonds is 4. The summed E-state index contributed by atoms with van der Waals surface area (Å²) in [5.41, 5.74) is 2.17. The zero-order valence-corrected chi connectivity index (χ0v) is 12.6. The van der Waals surface area contributed by atoms with Crippen LogP contribution in [0.15, 0.2) is 24.4 Å². The summed E-state index contributed by atoms with van der Waals surface area (Å²) in [6, 6.07) is 6.20. The number of nitrogens with two attached hydrogens (primary N) is 1. The maximum Gasteiger partial charge on any atom is 0.210 e. The van der Waals surface area contributed by atoms with Gasteiger partial charge in [0.05, 0.1) is 17.5 Å². The number of hydrogen-bond donors (Lipinski definition) is 2. The number of benzene rings is 1. The highest BCUT2D eigenvalue weighted by atomic mass is 32.2. The summed E-state index contributed by atoms with van der Waals surface area (Å²) >= 11 is 0. The fraction of sp³-hybridized carbons (Fsp3) is 0.500. The summed E-state index contributed by atoms with van der Waals surface area (Å²) in [7, 11) is -3.43. The number of fused-ring (bicyclic) bond motifs is 1. The summed E-state index contributed by atoms with van der Waals surface area (Å²) < 4.78 is 22.8. The Bertz CT molecular complexity index is 725. The van der Waals surface area contributed by atoms with Gasteiger partial charge in [-0.3, -0.25) is 10.00 Å². The molecule has 2 aromatic rings. The zero-order valence-electron chi connectivity index (χ0n) is 11.8. The van der Waals surface area contributed by atoms with Crippen molar-refractivity contribution in [3.05, 3.63) is 30.0 Å². The lowest BCUT2D eigenvalue weighted by Gasteiger charge is -2.35. The smallest absolute Gasteiger partial charge is 0.210 e. The van der Waals surface area contributed by atoms with Gasteiger partial charge in [-0.2, -0.15) is 5.10 Å². The predicted molar refractivity (Wildman–Crippen MR) is 82.1 cm³/mol. The van der Waals surface area contributed by atoms with Gasteiger partial charge in [-0.05, 0) is 31.0 Å². The van der Waals surface area contributed by atoms with Gasteiger partial charge in [-0.25, -0.2) is 13.6 Å². The summed E-state index contributed by atoms with van der Waals surface area (Å²) in [6.45, 7) is 1.66. The van der Waals surface area contributed by atoms with Crippen LogP contribution in [0.1, 0.15) is 24.8 Å². The topological polar surface area (TPSA) is 92.1 Å². The number of piperidine rings is 1. The maximum atomic E-state index is 11.4. The molecule has 3 rings (SSSR count). The van der Waals surface area contributed by atoms with Gasteiger partial charge in [0, 0.05) is 18.0 Å². The van der Waals surface area contributed by atoms with E-state index in [4.69, 9.17) is 5.14 Å². The molecule has 1 unspecified atom stereocenters. The van der Waals surface area contributed by atoms with Crippen LogP contribution in [0.5, 0.6) is 0 Å².